The lowest BCUT2D eigenvalue weighted by atomic mass is 10.2. The van der Waals surface area contributed by atoms with Gasteiger partial charge < -0.3 is 0 Å². The van der Waals surface area contributed by atoms with Gasteiger partial charge in [0.25, 0.3) is 15.7 Å². The van der Waals surface area contributed by atoms with Gasteiger partial charge in [0.15, 0.2) is 0 Å². The lowest BCUT2D eigenvalue weighted by Gasteiger charge is -2.26. The molecule has 0 spiro atoms. The number of rotatable bonds is 6. The summed E-state index contributed by atoms with van der Waals surface area (Å²) in [5.74, 6) is 0. The van der Waals surface area contributed by atoms with E-state index < -0.39 is 25.0 Å². The van der Waals surface area contributed by atoms with Crippen LogP contribution in [0.15, 0.2) is 46.2 Å². The zero-order valence-corrected chi connectivity index (χ0v) is 18.3. The van der Waals surface area contributed by atoms with E-state index in [1.807, 2.05) is 0 Å². The van der Waals surface area contributed by atoms with Crippen molar-refractivity contribution in [2.24, 2.45) is 0 Å². The molecule has 1 heterocycles. The van der Waals surface area contributed by atoms with Gasteiger partial charge in [-0.25, -0.2) is 16.8 Å². The Kier molecular flexibility index (Phi) is 6.16. The van der Waals surface area contributed by atoms with E-state index in [-0.39, 0.29) is 21.2 Å². The van der Waals surface area contributed by atoms with Crippen molar-refractivity contribution in [3.63, 3.8) is 0 Å². The Morgan fingerprint density at radius 2 is 1.57 bits per heavy atom. The molecule has 0 aromatic heterocycles. The first-order chi connectivity index (χ1) is 14.0. The van der Waals surface area contributed by atoms with Crippen LogP contribution < -0.4 is 4.72 Å². The van der Waals surface area contributed by atoms with E-state index in [2.05, 4.69) is 4.72 Å². The number of nitrogens with one attached hydrogen (secondary N) is 1. The van der Waals surface area contributed by atoms with Crippen LogP contribution in [0.3, 0.4) is 0 Å². The number of anilines is 1. The molecular weight excluding hydrogens is 430 g/mol. The van der Waals surface area contributed by atoms with Gasteiger partial charge >= 0.3 is 0 Å². The van der Waals surface area contributed by atoms with Gasteiger partial charge in [0.2, 0.25) is 10.0 Å². The number of benzene rings is 2. The van der Waals surface area contributed by atoms with E-state index in [0.717, 1.165) is 25.3 Å². The van der Waals surface area contributed by atoms with Crippen LogP contribution >= 0.6 is 0 Å². The number of nitro benzene ring substituents is 1. The molecule has 0 saturated carbocycles. The molecule has 0 bridgehead atoms. The summed E-state index contributed by atoms with van der Waals surface area (Å²) < 4.78 is 55.3. The molecule has 1 aliphatic rings. The number of aryl methyl sites for hydroxylation is 2. The number of hydrogen-bond acceptors (Lipinski definition) is 6. The summed E-state index contributed by atoms with van der Waals surface area (Å²) >= 11 is 0. The maximum atomic E-state index is 13.0. The Bertz CT molecular complexity index is 1190. The Balaban J connectivity index is 1.95. The van der Waals surface area contributed by atoms with Gasteiger partial charge in [-0.3, -0.25) is 14.8 Å². The minimum Gasteiger partial charge on any atom is -0.280 e. The molecule has 1 saturated heterocycles. The smallest absolute Gasteiger partial charge is 0.273 e. The molecule has 162 valence electrons. The number of sulfonamides is 2. The average Bonchev–Trinajstić information content (AvgIpc) is 2.69. The van der Waals surface area contributed by atoms with Crippen molar-refractivity contribution in [3.05, 3.63) is 57.6 Å². The number of nitrogens with zero attached hydrogens (tertiary/aromatic N) is 2. The summed E-state index contributed by atoms with van der Waals surface area (Å²) in [6.45, 7) is 4.04. The molecule has 1 fully saturated rings. The van der Waals surface area contributed by atoms with Crippen LogP contribution in [-0.2, 0) is 20.0 Å². The van der Waals surface area contributed by atoms with Gasteiger partial charge in [0.05, 0.1) is 20.4 Å². The molecule has 11 heteroatoms. The third-order valence-corrected chi connectivity index (χ3v) is 8.48. The molecule has 2 aromatic carbocycles. The standard InChI is InChI=1S/C19H23N3O6S2/c1-14-7-9-17(13-18(14)22(23)24)29(25,26)20-16-8-6-15(2)19(12-16)30(27,28)21-10-4-3-5-11-21/h6-9,12-13,20H,3-5,10-11H2,1-2H3. The summed E-state index contributed by atoms with van der Waals surface area (Å²) in [6, 6.07) is 7.89. The second-order valence-electron chi connectivity index (χ2n) is 7.26. The van der Waals surface area contributed by atoms with Gasteiger partial charge in [-0.2, -0.15) is 4.31 Å². The van der Waals surface area contributed by atoms with E-state index >= 15 is 0 Å². The highest BCUT2D eigenvalue weighted by Crippen LogP contribution is 2.28. The molecular formula is C19H23N3O6S2. The van der Waals surface area contributed by atoms with Crippen LogP contribution in [0.25, 0.3) is 0 Å². The molecule has 1 N–H and O–H groups in total. The third kappa shape index (κ3) is 4.47. The van der Waals surface area contributed by atoms with Crippen molar-refractivity contribution >= 4 is 31.4 Å². The number of hydrogen-bond donors (Lipinski definition) is 1. The van der Waals surface area contributed by atoms with Crippen LogP contribution in [-0.4, -0.2) is 39.2 Å². The second kappa shape index (κ2) is 8.32. The van der Waals surface area contributed by atoms with Crippen LogP contribution in [0.2, 0.25) is 0 Å². The highest BCUT2D eigenvalue weighted by molar-refractivity contribution is 7.92. The maximum Gasteiger partial charge on any atom is 0.273 e. The van der Waals surface area contributed by atoms with Gasteiger partial charge in [-0.15, -0.1) is 0 Å². The predicted molar refractivity (Wildman–Crippen MR) is 112 cm³/mol. The SMILES string of the molecule is Cc1ccc(S(=O)(=O)Nc2ccc(C)c(S(=O)(=O)N3CCCCC3)c2)cc1[N+](=O)[O-]. The molecule has 0 amide bonds. The highest BCUT2D eigenvalue weighted by Gasteiger charge is 2.28. The van der Waals surface area contributed by atoms with E-state index in [0.29, 0.717) is 24.2 Å². The summed E-state index contributed by atoms with van der Waals surface area (Å²) in [6.07, 6.45) is 2.56. The lowest BCUT2D eigenvalue weighted by molar-refractivity contribution is -0.385. The first kappa shape index (κ1) is 22.2. The summed E-state index contributed by atoms with van der Waals surface area (Å²) in [4.78, 5) is 10.2. The third-order valence-electron chi connectivity index (χ3n) is 5.06. The van der Waals surface area contributed by atoms with E-state index in [9.17, 15) is 26.9 Å². The Morgan fingerprint density at radius 3 is 2.20 bits per heavy atom. The van der Waals surface area contributed by atoms with Gasteiger partial charge in [-0.1, -0.05) is 18.6 Å². The molecule has 9 nitrogen and oxygen atoms in total. The van der Waals surface area contributed by atoms with Crippen LogP contribution in [0, 0.1) is 24.0 Å². The van der Waals surface area contributed by atoms with Crippen LogP contribution in [0.5, 0.6) is 0 Å². The zero-order valence-electron chi connectivity index (χ0n) is 16.7. The monoisotopic (exact) mass is 453 g/mol. The van der Waals surface area contributed by atoms with Gasteiger partial charge in [-0.05, 0) is 50.5 Å². The van der Waals surface area contributed by atoms with Gasteiger partial charge in [0, 0.05) is 24.7 Å². The highest BCUT2D eigenvalue weighted by atomic mass is 32.2. The Hall–Kier alpha value is -2.50. The fourth-order valence-electron chi connectivity index (χ4n) is 3.35. The minimum absolute atomic E-state index is 0.0412. The molecule has 1 aliphatic heterocycles. The largest absolute Gasteiger partial charge is 0.280 e. The summed E-state index contributed by atoms with van der Waals surface area (Å²) in [5.41, 5.74) is 0.605. The number of nitro groups is 1. The number of piperidine rings is 1. The fourth-order valence-corrected chi connectivity index (χ4v) is 6.19. The molecule has 0 aliphatic carbocycles. The van der Waals surface area contributed by atoms with Crippen LogP contribution in [0.1, 0.15) is 30.4 Å². The molecule has 0 radical (unpaired) electrons. The van der Waals surface area contributed by atoms with Crippen LogP contribution in [0.4, 0.5) is 11.4 Å². The summed E-state index contributed by atoms with van der Waals surface area (Å²) in [7, 11) is -7.90. The molecule has 3 rings (SSSR count). The van der Waals surface area contributed by atoms with Crippen molar-refractivity contribution in [3.8, 4) is 0 Å². The van der Waals surface area contributed by atoms with Crippen molar-refractivity contribution in [1.82, 2.24) is 4.31 Å². The van der Waals surface area contributed by atoms with Crippen molar-refractivity contribution in [1.29, 1.82) is 0 Å². The lowest BCUT2D eigenvalue weighted by Crippen LogP contribution is -2.36. The normalized spacial score (nSPS) is 15.7. The van der Waals surface area contributed by atoms with Crippen molar-refractivity contribution in [2.75, 3.05) is 17.8 Å². The molecule has 0 atom stereocenters. The summed E-state index contributed by atoms with van der Waals surface area (Å²) in [5, 5.41) is 11.1. The van der Waals surface area contributed by atoms with E-state index in [1.54, 1.807) is 6.92 Å². The topological polar surface area (TPSA) is 127 Å². The maximum absolute atomic E-state index is 13.0. The predicted octanol–water partition coefficient (Wildman–Crippen LogP) is 3.19. The van der Waals surface area contributed by atoms with Gasteiger partial charge in [0.1, 0.15) is 0 Å². The van der Waals surface area contributed by atoms with E-state index in [1.165, 1.54) is 41.6 Å². The fraction of sp³-hybridized carbons (Fsp3) is 0.368. The molecule has 2 aromatic rings. The van der Waals surface area contributed by atoms with Crippen molar-refractivity contribution < 1.29 is 21.8 Å². The van der Waals surface area contributed by atoms with E-state index in [4.69, 9.17) is 0 Å². The average molecular weight is 454 g/mol. The quantitative estimate of drug-likeness (QED) is 0.529. The van der Waals surface area contributed by atoms with Crippen molar-refractivity contribution in [2.45, 2.75) is 42.9 Å². The Morgan fingerprint density at radius 1 is 0.933 bits per heavy atom. The second-order valence-corrected chi connectivity index (χ2v) is 10.8. The first-order valence-corrected chi connectivity index (χ1v) is 12.3. The minimum atomic E-state index is -4.15. The Labute approximate surface area is 176 Å². The molecule has 0 unspecified atom stereocenters. The molecule has 30 heavy (non-hydrogen) atoms. The zero-order chi connectivity index (χ0) is 22.1. The first-order valence-electron chi connectivity index (χ1n) is 9.41.